The van der Waals surface area contributed by atoms with Gasteiger partial charge in [-0.2, -0.15) is 0 Å². The van der Waals surface area contributed by atoms with Crippen molar-refractivity contribution in [2.45, 2.75) is 38.8 Å². The number of para-hydroxylation sites is 1. The molecule has 1 heterocycles. The van der Waals surface area contributed by atoms with E-state index in [4.69, 9.17) is 4.42 Å². The van der Waals surface area contributed by atoms with E-state index in [2.05, 4.69) is 63.3 Å². The highest BCUT2D eigenvalue weighted by Gasteiger charge is 2.37. The second-order valence-corrected chi connectivity index (χ2v) is 5.78. The largest absolute Gasteiger partial charge is 0.459 e. The van der Waals surface area contributed by atoms with E-state index < -0.39 is 0 Å². The van der Waals surface area contributed by atoms with Gasteiger partial charge in [0, 0.05) is 10.9 Å². The Bertz CT molecular complexity index is 528. The van der Waals surface area contributed by atoms with Crippen molar-refractivity contribution in [2.75, 3.05) is 20.6 Å². The molecule has 0 spiro atoms. The van der Waals surface area contributed by atoms with Gasteiger partial charge in [-0.05, 0) is 46.1 Å². The SMILES string of the molecule is CCNC(c1cc2ccccc2o1)C(C)(CC)N(C)C. The summed E-state index contributed by atoms with van der Waals surface area (Å²) in [6.07, 6.45) is 1.05. The number of rotatable bonds is 6. The molecule has 0 bridgehead atoms. The van der Waals surface area contributed by atoms with Crippen LogP contribution in [0.2, 0.25) is 0 Å². The Labute approximate surface area is 122 Å². The van der Waals surface area contributed by atoms with Crippen molar-refractivity contribution in [2.24, 2.45) is 0 Å². The molecule has 0 radical (unpaired) electrons. The number of likely N-dealkylation sites (N-methyl/N-ethyl adjacent to an activating group) is 2. The first kappa shape index (κ1) is 15.1. The molecule has 2 atom stereocenters. The number of fused-ring (bicyclic) bond motifs is 1. The molecule has 0 fully saturated rings. The van der Waals surface area contributed by atoms with Crippen LogP contribution in [0.4, 0.5) is 0 Å². The molecule has 0 amide bonds. The number of nitrogens with zero attached hydrogens (tertiary/aromatic N) is 1. The molecule has 0 saturated carbocycles. The van der Waals surface area contributed by atoms with Crippen LogP contribution in [-0.4, -0.2) is 31.1 Å². The lowest BCUT2D eigenvalue weighted by atomic mass is 9.86. The van der Waals surface area contributed by atoms with Crippen LogP contribution in [0.3, 0.4) is 0 Å². The van der Waals surface area contributed by atoms with E-state index in [-0.39, 0.29) is 11.6 Å². The van der Waals surface area contributed by atoms with E-state index in [1.54, 1.807) is 0 Å². The fraction of sp³-hybridized carbons (Fsp3) is 0.529. The number of furan rings is 1. The maximum atomic E-state index is 6.09. The highest BCUT2D eigenvalue weighted by Crippen LogP contribution is 2.35. The Morgan fingerprint density at radius 1 is 1.25 bits per heavy atom. The van der Waals surface area contributed by atoms with Gasteiger partial charge >= 0.3 is 0 Å². The predicted octanol–water partition coefficient (Wildman–Crippen LogP) is 3.81. The molecule has 110 valence electrons. The highest BCUT2D eigenvalue weighted by molar-refractivity contribution is 5.77. The summed E-state index contributed by atoms with van der Waals surface area (Å²) in [5.41, 5.74) is 0.978. The minimum Gasteiger partial charge on any atom is -0.459 e. The van der Waals surface area contributed by atoms with Gasteiger partial charge in [0.1, 0.15) is 11.3 Å². The first-order valence-electron chi connectivity index (χ1n) is 7.42. The predicted molar refractivity (Wildman–Crippen MR) is 85.0 cm³/mol. The Morgan fingerprint density at radius 3 is 2.50 bits per heavy atom. The molecule has 3 heteroatoms. The minimum atomic E-state index is 0.0177. The minimum absolute atomic E-state index is 0.0177. The van der Waals surface area contributed by atoms with Crippen LogP contribution in [-0.2, 0) is 0 Å². The van der Waals surface area contributed by atoms with Crippen molar-refractivity contribution in [1.29, 1.82) is 0 Å². The third-order valence-corrected chi connectivity index (χ3v) is 4.50. The molecule has 1 aromatic carbocycles. The molecule has 2 unspecified atom stereocenters. The fourth-order valence-corrected chi connectivity index (χ4v) is 2.75. The summed E-state index contributed by atoms with van der Waals surface area (Å²) in [7, 11) is 4.27. The van der Waals surface area contributed by atoms with E-state index in [1.165, 1.54) is 5.39 Å². The Kier molecular flexibility index (Phi) is 4.51. The van der Waals surface area contributed by atoms with E-state index in [9.17, 15) is 0 Å². The maximum absolute atomic E-state index is 6.09. The lowest BCUT2D eigenvalue weighted by molar-refractivity contribution is 0.103. The zero-order chi connectivity index (χ0) is 14.8. The molecule has 20 heavy (non-hydrogen) atoms. The molecular weight excluding hydrogens is 248 g/mol. The van der Waals surface area contributed by atoms with Crippen LogP contribution >= 0.6 is 0 Å². The summed E-state index contributed by atoms with van der Waals surface area (Å²) in [6, 6.07) is 10.5. The first-order valence-corrected chi connectivity index (χ1v) is 7.42. The molecule has 2 rings (SSSR count). The van der Waals surface area contributed by atoms with Crippen molar-refractivity contribution in [3.8, 4) is 0 Å². The summed E-state index contributed by atoms with van der Waals surface area (Å²) in [5.74, 6) is 1.02. The Morgan fingerprint density at radius 2 is 1.95 bits per heavy atom. The molecule has 0 aliphatic heterocycles. The van der Waals surface area contributed by atoms with Gasteiger partial charge in [-0.3, -0.25) is 0 Å². The molecule has 1 N–H and O–H groups in total. The maximum Gasteiger partial charge on any atom is 0.134 e. The molecule has 2 aromatic rings. The summed E-state index contributed by atoms with van der Waals surface area (Å²) >= 11 is 0. The van der Waals surface area contributed by atoms with E-state index in [0.29, 0.717) is 0 Å². The number of nitrogens with one attached hydrogen (secondary N) is 1. The van der Waals surface area contributed by atoms with Crippen molar-refractivity contribution in [1.82, 2.24) is 10.2 Å². The van der Waals surface area contributed by atoms with Crippen molar-refractivity contribution >= 4 is 11.0 Å². The van der Waals surface area contributed by atoms with Crippen LogP contribution < -0.4 is 5.32 Å². The average molecular weight is 274 g/mol. The molecule has 1 aromatic heterocycles. The van der Waals surface area contributed by atoms with Gasteiger partial charge in [0.25, 0.3) is 0 Å². The summed E-state index contributed by atoms with van der Waals surface area (Å²) in [5, 5.41) is 4.77. The first-order chi connectivity index (χ1) is 9.52. The zero-order valence-corrected chi connectivity index (χ0v) is 13.2. The van der Waals surface area contributed by atoms with Gasteiger partial charge in [0.05, 0.1) is 6.04 Å². The number of hydrogen-bond donors (Lipinski definition) is 1. The lowest BCUT2D eigenvalue weighted by Crippen LogP contribution is -2.51. The van der Waals surface area contributed by atoms with Crippen LogP contribution in [0.1, 0.15) is 39.0 Å². The van der Waals surface area contributed by atoms with Gasteiger partial charge in [0.15, 0.2) is 0 Å². The molecule has 0 aliphatic rings. The van der Waals surface area contributed by atoms with Gasteiger partial charge in [-0.25, -0.2) is 0 Å². The Hall–Kier alpha value is -1.32. The smallest absolute Gasteiger partial charge is 0.134 e. The highest BCUT2D eigenvalue weighted by atomic mass is 16.3. The van der Waals surface area contributed by atoms with Crippen LogP contribution in [0.15, 0.2) is 34.7 Å². The lowest BCUT2D eigenvalue weighted by Gasteiger charge is -2.42. The van der Waals surface area contributed by atoms with Gasteiger partial charge in [-0.1, -0.05) is 32.0 Å². The van der Waals surface area contributed by atoms with E-state index in [0.717, 1.165) is 24.3 Å². The quantitative estimate of drug-likeness (QED) is 0.868. The van der Waals surface area contributed by atoms with Gasteiger partial charge in [-0.15, -0.1) is 0 Å². The molecular formula is C17H26N2O. The van der Waals surface area contributed by atoms with Crippen LogP contribution in [0.25, 0.3) is 11.0 Å². The topological polar surface area (TPSA) is 28.4 Å². The average Bonchev–Trinajstić information content (AvgIpc) is 2.87. The summed E-state index contributed by atoms with van der Waals surface area (Å²) in [4.78, 5) is 2.29. The van der Waals surface area contributed by atoms with Gasteiger partial charge < -0.3 is 14.6 Å². The standard InChI is InChI=1S/C17H26N2O/c1-6-17(3,19(4)5)16(18-7-2)15-12-13-10-8-9-11-14(13)20-15/h8-12,16,18H,6-7H2,1-5H3. The monoisotopic (exact) mass is 274 g/mol. The number of hydrogen-bond acceptors (Lipinski definition) is 3. The molecule has 0 aliphatic carbocycles. The summed E-state index contributed by atoms with van der Waals surface area (Å²) < 4.78 is 6.09. The second kappa shape index (κ2) is 5.98. The number of benzene rings is 1. The normalized spacial score (nSPS) is 16.5. The van der Waals surface area contributed by atoms with Crippen LogP contribution in [0.5, 0.6) is 0 Å². The third kappa shape index (κ3) is 2.60. The Balaban J connectivity index is 2.46. The third-order valence-electron chi connectivity index (χ3n) is 4.50. The van der Waals surface area contributed by atoms with Crippen molar-refractivity contribution in [3.63, 3.8) is 0 Å². The van der Waals surface area contributed by atoms with Crippen molar-refractivity contribution in [3.05, 3.63) is 36.1 Å². The van der Waals surface area contributed by atoms with Crippen LogP contribution in [0, 0.1) is 0 Å². The zero-order valence-electron chi connectivity index (χ0n) is 13.2. The fourth-order valence-electron chi connectivity index (χ4n) is 2.75. The second-order valence-electron chi connectivity index (χ2n) is 5.78. The van der Waals surface area contributed by atoms with E-state index in [1.807, 2.05) is 12.1 Å². The van der Waals surface area contributed by atoms with E-state index >= 15 is 0 Å². The molecule has 3 nitrogen and oxygen atoms in total. The van der Waals surface area contributed by atoms with Gasteiger partial charge in [0.2, 0.25) is 0 Å². The van der Waals surface area contributed by atoms with Crippen molar-refractivity contribution < 1.29 is 4.42 Å². The summed E-state index contributed by atoms with van der Waals surface area (Å²) in [6.45, 7) is 7.58. The molecule has 0 saturated heterocycles.